The molecule has 0 unspecified atom stereocenters. The average Bonchev–Trinajstić information content (AvgIpc) is 3.54. The lowest BCUT2D eigenvalue weighted by molar-refractivity contribution is 0.931. The fourth-order valence-electron chi connectivity index (χ4n) is 7.37. The lowest BCUT2D eigenvalue weighted by Gasteiger charge is -2.28. The maximum absolute atomic E-state index is 3.87. The van der Waals surface area contributed by atoms with Gasteiger partial charge in [-0.1, -0.05) is 128 Å². The Balaban J connectivity index is 1.20. The number of rotatable bonds is 8. The molecule has 0 saturated carbocycles. The molecule has 2 nitrogen and oxygen atoms in total. The van der Waals surface area contributed by atoms with Gasteiger partial charge in [0.2, 0.25) is 0 Å². The van der Waals surface area contributed by atoms with E-state index in [2.05, 4.69) is 175 Å². The molecule has 8 rings (SSSR count). The number of anilines is 3. The molecule has 0 aliphatic heterocycles. The van der Waals surface area contributed by atoms with Gasteiger partial charge < -0.3 is 9.80 Å². The van der Waals surface area contributed by atoms with E-state index in [4.69, 9.17) is 0 Å². The van der Waals surface area contributed by atoms with Gasteiger partial charge in [0.1, 0.15) is 0 Å². The molecule has 2 aliphatic rings. The maximum Gasteiger partial charge on any atom is 0.0488 e. The summed E-state index contributed by atoms with van der Waals surface area (Å²) in [5, 5.41) is 9.29. The Kier molecular flexibility index (Phi) is 7.84. The third kappa shape index (κ3) is 5.26. The van der Waals surface area contributed by atoms with Crippen molar-refractivity contribution in [3.05, 3.63) is 186 Å². The molecule has 6 aromatic rings. The van der Waals surface area contributed by atoms with Gasteiger partial charge in [-0.25, -0.2) is 0 Å². The minimum Gasteiger partial charge on any atom is -0.344 e. The molecule has 0 N–H and O–H groups in total. The van der Waals surface area contributed by atoms with Crippen LogP contribution in [0.5, 0.6) is 0 Å². The van der Waals surface area contributed by atoms with Crippen LogP contribution >= 0.6 is 0 Å². The van der Waals surface area contributed by atoms with Crippen LogP contribution < -0.4 is 15.0 Å². The third-order valence-corrected chi connectivity index (χ3v) is 9.74. The fourth-order valence-corrected chi connectivity index (χ4v) is 7.37. The summed E-state index contributed by atoms with van der Waals surface area (Å²) in [6.45, 7) is 4.62. The van der Waals surface area contributed by atoms with Crippen molar-refractivity contribution in [1.82, 2.24) is 0 Å². The second kappa shape index (κ2) is 12.7. The summed E-state index contributed by atoms with van der Waals surface area (Å²) in [7, 11) is 2.18. The van der Waals surface area contributed by atoms with E-state index in [-0.39, 0.29) is 0 Å². The standard InChI is InChI=1S/C46H38N2/c1-3-4-15-33-16-9-10-18-35(33)32-48(37-20-7-5-6-8-21-37)38-28-26-36(27-29-38)47(2)44-31-30-42-40-23-13-19-34-17-11-12-22-39(45(34)40)41-24-14-25-43(44)46(41)42/h3-5,7-16,18-31H,1,6,17,32H2,2H3/b15-4-. The average molecular weight is 619 g/mol. The highest BCUT2D eigenvalue weighted by Crippen LogP contribution is 2.39. The molecule has 0 atom stereocenters. The minimum atomic E-state index is 0.750. The lowest BCUT2D eigenvalue weighted by atomic mass is 9.90. The molecule has 0 heterocycles. The molecule has 0 bridgehead atoms. The van der Waals surface area contributed by atoms with Crippen molar-refractivity contribution in [1.29, 1.82) is 0 Å². The Morgan fingerprint density at radius 1 is 0.688 bits per heavy atom. The number of benzene rings is 6. The van der Waals surface area contributed by atoms with Gasteiger partial charge in [0.15, 0.2) is 0 Å². The van der Waals surface area contributed by atoms with E-state index in [0.717, 1.165) is 30.8 Å². The molecule has 2 heteroatoms. The molecule has 0 aromatic heterocycles. The zero-order valence-electron chi connectivity index (χ0n) is 27.3. The molecule has 0 amide bonds. The Labute approximate surface area is 282 Å². The molecular formula is C46H38N2. The normalized spacial score (nSPS) is 13.9. The molecular weight excluding hydrogens is 581 g/mol. The van der Waals surface area contributed by atoms with Crippen LogP contribution in [0.15, 0.2) is 164 Å². The maximum atomic E-state index is 3.87. The summed E-state index contributed by atoms with van der Waals surface area (Å²) < 4.78 is 0. The summed E-state index contributed by atoms with van der Waals surface area (Å²) in [6, 6.07) is 35.8. The summed E-state index contributed by atoms with van der Waals surface area (Å²) in [5.74, 6) is 0. The predicted molar refractivity (Wildman–Crippen MR) is 209 cm³/mol. The molecule has 0 radical (unpaired) electrons. The van der Waals surface area contributed by atoms with E-state index < -0.39 is 0 Å². The van der Waals surface area contributed by atoms with Gasteiger partial charge in [-0.3, -0.25) is 0 Å². The van der Waals surface area contributed by atoms with Crippen LogP contribution in [0.4, 0.5) is 17.1 Å². The quantitative estimate of drug-likeness (QED) is 0.0951. The first-order valence-corrected chi connectivity index (χ1v) is 16.8. The zero-order chi connectivity index (χ0) is 32.5. The molecule has 2 aliphatic carbocycles. The van der Waals surface area contributed by atoms with Crippen molar-refractivity contribution in [2.45, 2.75) is 19.4 Å². The monoisotopic (exact) mass is 618 g/mol. The summed E-state index contributed by atoms with van der Waals surface area (Å²) in [5.41, 5.74) is 8.52. The predicted octanol–water partition coefficient (Wildman–Crippen LogP) is 11.1. The Hall–Kier alpha value is -5.86. The Morgan fingerprint density at radius 2 is 1.46 bits per heavy atom. The van der Waals surface area contributed by atoms with Crippen molar-refractivity contribution in [3.63, 3.8) is 0 Å². The summed E-state index contributed by atoms with van der Waals surface area (Å²) >= 11 is 0. The van der Waals surface area contributed by atoms with Gasteiger partial charge in [-0.2, -0.15) is 0 Å². The van der Waals surface area contributed by atoms with Crippen LogP contribution in [-0.2, 0) is 13.0 Å². The molecule has 48 heavy (non-hydrogen) atoms. The van der Waals surface area contributed by atoms with Gasteiger partial charge in [-0.15, -0.1) is 0 Å². The number of nitrogens with zero attached hydrogens (tertiary/aromatic N) is 2. The molecule has 232 valence electrons. The molecule has 0 spiro atoms. The van der Waals surface area contributed by atoms with Crippen molar-refractivity contribution in [3.8, 4) is 0 Å². The largest absolute Gasteiger partial charge is 0.344 e. The van der Waals surface area contributed by atoms with E-state index in [1.807, 2.05) is 12.2 Å². The summed E-state index contributed by atoms with van der Waals surface area (Å²) in [4.78, 5) is 4.73. The smallest absolute Gasteiger partial charge is 0.0488 e. The van der Waals surface area contributed by atoms with Crippen LogP contribution in [0.2, 0.25) is 0 Å². The third-order valence-electron chi connectivity index (χ3n) is 9.74. The van der Waals surface area contributed by atoms with E-state index in [1.165, 1.54) is 65.6 Å². The van der Waals surface area contributed by atoms with E-state index >= 15 is 0 Å². The molecule has 0 fully saturated rings. The first kappa shape index (κ1) is 29.5. The molecule has 0 saturated heterocycles. The first-order chi connectivity index (χ1) is 23.7. The van der Waals surface area contributed by atoms with Crippen LogP contribution in [0, 0.1) is 0 Å². The van der Waals surface area contributed by atoms with Gasteiger partial charge in [-0.05, 0) is 104 Å². The highest BCUT2D eigenvalue weighted by atomic mass is 15.1. The van der Waals surface area contributed by atoms with E-state index in [1.54, 1.807) is 0 Å². The highest BCUT2D eigenvalue weighted by Gasteiger charge is 2.18. The van der Waals surface area contributed by atoms with Gasteiger partial charge in [0.25, 0.3) is 0 Å². The van der Waals surface area contributed by atoms with E-state index in [9.17, 15) is 0 Å². The Bertz CT molecular complexity index is 2400. The minimum absolute atomic E-state index is 0.750. The fraction of sp³-hybridized carbons (Fsp3) is 0.0870. The number of hydrogen-bond donors (Lipinski definition) is 0. The SMILES string of the molecule is C=C/C=C\c1ccccc1CN(C1=CC=CCC=C1)c1ccc(N(C)c2ccc3c4cccc5c4c(c4cccc2c43)=CC=CC5)cc1. The van der Waals surface area contributed by atoms with Crippen LogP contribution in [0.25, 0.3) is 44.5 Å². The second-order valence-corrected chi connectivity index (χ2v) is 12.5. The van der Waals surface area contributed by atoms with Crippen LogP contribution in [0.3, 0.4) is 0 Å². The number of allylic oxidation sites excluding steroid dienone is 9. The first-order valence-electron chi connectivity index (χ1n) is 16.8. The topological polar surface area (TPSA) is 6.48 Å². The van der Waals surface area contributed by atoms with Crippen LogP contribution in [0.1, 0.15) is 23.1 Å². The van der Waals surface area contributed by atoms with Crippen molar-refractivity contribution >= 4 is 61.5 Å². The van der Waals surface area contributed by atoms with Crippen molar-refractivity contribution in [2.75, 3.05) is 16.8 Å². The number of fused-ring (bicyclic) bond motifs is 2. The number of hydrogen-bond acceptors (Lipinski definition) is 2. The highest BCUT2D eigenvalue weighted by molar-refractivity contribution is 6.24. The lowest BCUT2D eigenvalue weighted by Crippen LogP contribution is -2.21. The Morgan fingerprint density at radius 3 is 2.35 bits per heavy atom. The van der Waals surface area contributed by atoms with Gasteiger partial charge in [0, 0.05) is 41.7 Å². The van der Waals surface area contributed by atoms with Gasteiger partial charge in [0.05, 0.1) is 0 Å². The zero-order valence-corrected chi connectivity index (χ0v) is 27.3. The van der Waals surface area contributed by atoms with Crippen molar-refractivity contribution < 1.29 is 0 Å². The van der Waals surface area contributed by atoms with Gasteiger partial charge >= 0.3 is 0 Å². The second-order valence-electron chi connectivity index (χ2n) is 12.5. The summed E-state index contributed by atoms with van der Waals surface area (Å²) in [6.07, 6.45) is 25.7. The molecule has 6 aromatic carbocycles. The van der Waals surface area contributed by atoms with E-state index in [0.29, 0.717) is 0 Å². The van der Waals surface area contributed by atoms with Crippen LogP contribution in [-0.4, -0.2) is 7.05 Å². The van der Waals surface area contributed by atoms with Crippen molar-refractivity contribution in [2.24, 2.45) is 0 Å².